The van der Waals surface area contributed by atoms with Crippen LogP contribution in [0.15, 0.2) is 70.2 Å². The molecule has 0 aliphatic carbocycles. The molecule has 1 aromatic heterocycles. The van der Waals surface area contributed by atoms with Gasteiger partial charge in [-0.1, -0.05) is 6.07 Å². The van der Waals surface area contributed by atoms with Crippen LogP contribution < -0.4 is 19.5 Å². The number of carbonyl (C=O) groups is 1. The van der Waals surface area contributed by atoms with Crippen LogP contribution in [0.1, 0.15) is 35.5 Å². The van der Waals surface area contributed by atoms with Crippen molar-refractivity contribution in [2.45, 2.75) is 31.7 Å². The third-order valence-electron chi connectivity index (χ3n) is 4.75. The number of benzene rings is 2. The van der Waals surface area contributed by atoms with Gasteiger partial charge in [0.2, 0.25) is 10.0 Å². The lowest BCUT2D eigenvalue weighted by Gasteiger charge is -2.13. The summed E-state index contributed by atoms with van der Waals surface area (Å²) in [5, 5.41) is 2.85. The van der Waals surface area contributed by atoms with Gasteiger partial charge in [0.25, 0.3) is 5.91 Å². The summed E-state index contributed by atoms with van der Waals surface area (Å²) in [6.07, 6.45) is 2.09. The number of hydrogen-bond donors (Lipinski definition) is 2. The van der Waals surface area contributed by atoms with E-state index in [0.29, 0.717) is 49.0 Å². The van der Waals surface area contributed by atoms with Crippen LogP contribution in [0.5, 0.6) is 11.5 Å². The van der Waals surface area contributed by atoms with Gasteiger partial charge in [-0.05, 0) is 74.4 Å². The molecule has 3 rings (SSSR count). The number of nitrogens with one attached hydrogen (secondary N) is 2. The van der Waals surface area contributed by atoms with E-state index in [1.54, 1.807) is 12.1 Å². The second-order valence-corrected chi connectivity index (χ2v) is 8.85. The van der Waals surface area contributed by atoms with E-state index in [2.05, 4.69) is 10.0 Å². The first-order valence-corrected chi connectivity index (χ1v) is 12.2. The van der Waals surface area contributed by atoms with Crippen molar-refractivity contribution in [2.75, 3.05) is 19.8 Å². The Hall–Kier alpha value is -3.30. The van der Waals surface area contributed by atoms with Crippen LogP contribution in [-0.4, -0.2) is 34.1 Å². The highest BCUT2D eigenvalue weighted by Crippen LogP contribution is 2.28. The zero-order valence-electron chi connectivity index (χ0n) is 18.7. The number of amides is 1. The maximum absolute atomic E-state index is 12.5. The van der Waals surface area contributed by atoms with Crippen molar-refractivity contribution in [3.63, 3.8) is 0 Å². The molecule has 0 fully saturated rings. The smallest absolute Gasteiger partial charge is 0.251 e. The molecule has 1 heterocycles. The largest absolute Gasteiger partial charge is 0.490 e. The normalized spacial score (nSPS) is 11.2. The molecular formula is C24H28N2O6S. The summed E-state index contributed by atoms with van der Waals surface area (Å²) in [7, 11) is -3.71. The summed E-state index contributed by atoms with van der Waals surface area (Å²) in [6, 6.07) is 14.9. The molecule has 0 saturated heterocycles. The van der Waals surface area contributed by atoms with Crippen molar-refractivity contribution >= 4 is 15.9 Å². The van der Waals surface area contributed by atoms with Crippen molar-refractivity contribution in [1.82, 2.24) is 10.0 Å². The molecule has 0 aliphatic heterocycles. The van der Waals surface area contributed by atoms with Crippen molar-refractivity contribution < 1.29 is 27.1 Å². The molecule has 9 heteroatoms. The van der Waals surface area contributed by atoms with E-state index in [1.165, 1.54) is 30.5 Å². The quantitative estimate of drug-likeness (QED) is 0.418. The molecule has 1 amide bonds. The molecule has 2 aromatic carbocycles. The molecule has 176 valence electrons. The summed E-state index contributed by atoms with van der Waals surface area (Å²) in [6.45, 7) is 5.38. The molecule has 0 saturated carbocycles. The van der Waals surface area contributed by atoms with Gasteiger partial charge in [-0.3, -0.25) is 4.79 Å². The van der Waals surface area contributed by atoms with Gasteiger partial charge in [-0.15, -0.1) is 0 Å². The standard InChI is InChI=1S/C24H28N2O6S/c1-3-30-22-12-7-18(16-23(22)31-4-2)13-14-25-24(27)19-8-10-21(11-9-19)33(28,29)26-17-20-6-5-15-32-20/h5-12,15-16,26H,3-4,13-14,17H2,1-2H3,(H,25,27). The lowest BCUT2D eigenvalue weighted by molar-refractivity contribution is 0.0954. The van der Waals surface area contributed by atoms with Crippen LogP contribution in [0.25, 0.3) is 0 Å². The van der Waals surface area contributed by atoms with Crippen molar-refractivity contribution in [3.8, 4) is 11.5 Å². The molecule has 2 N–H and O–H groups in total. The number of hydrogen-bond acceptors (Lipinski definition) is 6. The first-order chi connectivity index (χ1) is 15.9. The molecule has 0 bridgehead atoms. The topological polar surface area (TPSA) is 107 Å². The summed E-state index contributed by atoms with van der Waals surface area (Å²) < 4.78 is 43.6. The fraction of sp³-hybridized carbons (Fsp3) is 0.292. The van der Waals surface area contributed by atoms with E-state index in [1.807, 2.05) is 32.0 Å². The van der Waals surface area contributed by atoms with Gasteiger partial charge in [0.15, 0.2) is 11.5 Å². The monoisotopic (exact) mass is 472 g/mol. The Labute approximate surface area is 194 Å². The summed E-state index contributed by atoms with van der Waals surface area (Å²) in [4.78, 5) is 12.5. The molecule has 0 aliphatic rings. The van der Waals surface area contributed by atoms with Gasteiger partial charge >= 0.3 is 0 Å². The Balaban J connectivity index is 1.54. The maximum atomic E-state index is 12.5. The highest BCUT2D eigenvalue weighted by molar-refractivity contribution is 7.89. The predicted molar refractivity (Wildman–Crippen MR) is 124 cm³/mol. The highest BCUT2D eigenvalue weighted by atomic mass is 32.2. The van der Waals surface area contributed by atoms with E-state index < -0.39 is 10.0 Å². The Bertz CT molecular complexity index is 1140. The highest BCUT2D eigenvalue weighted by Gasteiger charge is 2.15. The number of sulfonamides is 1. The summed E-state index contributed by atoms with van der Waals surface area (Å²) >= 11 is 0. The third kappa shape index (κ3) is 6.84. The van der Waals surface area contributed by atoms with Gasteiger partial charge in [0.05, 0.1) is 30.9 Å². The Morgan fingerprint density at radius 3 is 2.36 bits per heavy atom. The van der Waals surface area contributed by atoms with Gasteiger partial charge < -0.3 is 19.2 Å². The van der Waals surface area contributed by atoms with Crippen LogP contribution in [0.2, 0.25) is 0 Å². The first-order valence-electron chi connectivity index (χ1n) is 10.7. The average Bonchev–Trinajstić information content (AvgIpc) is 3.34. The van der Waals surface area contributed by atoms with E-state index in [-0.39, 0.29) is 17.3 Å². The van der Waals surface area contributed by atoms with E-state index in [0.717, 1.165) is 5.56 Å². The Kier molecular flexibility index (Phi) is 8.51. The van der Waals surface area contributed by atoms with Gasteiger partial charge in [-0.2, -0.15) is 0 Å². The lowest BCUT2D eigenvalue weighted by atomic mass is 10.1. The minimum Gasteiger partial charge on any atom is -0.490 e. The minimum atomic E-state index is -3.71. The summed E-state index contributed by atoms with van der Waals surface area (Å²) in [5.41, 5.74) is 1.38. The second kappa shape index (κ2) is 11.5. The zero-order valence-corrected chi connectivity index (χ0v) is 19.5. The molecule has 0 unspecified atom stereocenters. The van der Waals surface area contributed by atoms with Gasteiger partial charge in [0.1, 0.15) is 5.76 Å². The van der Waals surface area contributed by atoms with Crippen LogP contribution in [0.3, 0.4) is 0 Å². The van der Waals surface area contributed by atoms with Gasteiger partial charge in [-0.25, -0.2) is 13.1 Å². The molecule has 0 radical (unpaired) electrons. The SMILES string of the molecule is CCOc1ccc(CCNC(=O)c2ccc(S(=O)(=O)NCc3ccco3)cc2)cc1OCC. The third-order valence-corrected chi connectivity index (χ3v) is 6.17. The Morgan fingerprint density at radius 2 is 1.70 bits per heavy atom. The molecule has 0 spiro atoms. The van der Waals surface area contributed by atoms with Crippen molar-refractivity contribution in [1.29, 1.82) is 0 Å². The lowest BCUT2D eigenvalue weighted by Crippen LogP contribution is -2.26. The molecule has 8 nitrogen and oxygen atoms in total. The van der Waals surface area contributed by atoms with Crippen LogP contribution in [-0.2, 0) is 23.0 Å². The fourth-order valence-electron chi connectivity index (χ4n) is 3.12. The second-order valence-electron chi connectivity index (χ2n) is 7.08. The zero-order chi connectivity index (χ0) is 23.7. The van der Waals surface area contributed by atoms with Crippen molar-refractivity contribution in [3.05, 3.63) is 77.7 Å². The number of furan rings is 1. The van der Waals surface area contributed by atoms with E-state index in [9.17, 15) is 13.2 Å². The number of carbonyl (C=O) groups excluding carboxylic acids is 1. The summed E-state index contributed by atoms with van der Waals surface area (Å²) in [5.74, 6) is 1.61. The van der Waals surface area contributed by atoms with Crippen LogP contribution in [0.4, 0.5) is 0 Å². The van der Waals surface area contributed by atoms with Crippen LogP contribution in [0, 0.1) is 0 Å². The molecular weight excluding hydrogens is 444 g/mol. The first kappa shape index (κ1) is 24.3. The molecule has 0 atom stereocenters. The van der Waals surface area contributed by atoms with E-state index >= 15 is 0 Å². The average molecular weight is 473 g/mol. The van der Waals surface area contributed by atoms with Crippen LogP contribution >= 0.6 is 0 Å². The minimum absolute atomic E-state index is 0.0497. The van der Waals surface area contributed by atoms with E-state index in [4.69, 9.17) is 13.9 Å². The predicted octanol–water partition coefficient (Wildman–Crippen LogP) is 3.53. The molecule has 3 aromatic rings. The number of ether oxygens (including phenoxy) is 2. The maximum Gasteiger partial charge on any atom is 0.251 e. The van der Waals surface area contributed by atoms with Gasteiger partial charge in [0, 0.05) is 12.1 Å². The Morgan fingerprint density at radius 1 is 0.970 bits per heavy atom. The molecule has 33 heavy (non-hydrogen) atoms. The van der Waals surface area contributed by atoms with Crippen molar-refractivity contribution in [2.24, 2.45) is 0 Å². The number of rotatable bonds is 12. The fourth-order valence-corrected chi connectivity index (χ4v) is 4.11.